The second-order valence-corrected chi connectivity index (χ2v) is 7.88. The average molecular weight is 424 g/mol. The topological polar surface area (TPSA) is 153 Å². The minimum absolute atomic E-state index is 0.0665. The highest BCUT2D eigenvalue weighted by Crippen LogP contribution is 2.35. The molecule has 30 heavy (non-hydrogen) atoms. The van der Waals surface area contributed by atoms with E-state index in [9.17, 15) is 14.4 Å². The van der Waals surface area contributed by atoms with Gasteiger partial charge in [0, 0.05) is 23.1 Å². The van der Waals surface area contributed by atoms with Gasteiger partial charge in [0.05, 0.1) is 11.3 Å². The maximum atomic E-state index is 12.6. The third-order valence-corrected chi connectivity index (χ3v) is 5.74. The second kappa shape index (κ2) is 7.02. The maximum Gasteiger partial charge on any atom is 0.330 e. The number of H-pyrrole nitrogens is 2. The fourth-order valence-electron chi connectivity index (χ4n) is 3.36. The summed E-state index contributed by atoms with van der Waals surface area (Å²) in [6, 6.07) is 7.64. The number of nitrogens with zero attached hydrogens (tertiary/aromatic N) is 3. The molecule has 0 bridgehead atoms. The molecule has 1 saturated carbocycles. The van der Waals surface area contributed by atoms with Crippen molar-refractivity contribution in [2.24, 2.45) is 0 Å². The Morgan fingerprint density at radius 3 is 2.87 bits per heavy atom. The van der Waals surface area contributed by atoms with Crippen LogP contribution in [0, 0.1) is 0 Å². The summed E-state index contributed by atoms with van der Waals surface area (Å²) in [6.45, 7) is 0. The number of carbonyl (C=O) groups is 1. The van der Waals surface area contributed by atoms with Gasteiger partial charge >= 0.3 is 5.69 Å². The van der Waals surface area contributed by atoms with Crippen LogP contribution in [0.25, 0.3) is 22.4 Å². The quantitative estimate of drug-likeness (QED) is 0.314. The molecule has 4 aromatic rings. The van der Waals surface area contributed by atoms with Crippen LogP contribution in [0.4, 0.5) is 5.82 Å². The molecule has 1 fully saturated rings. The fraction of sp³-hybridized carbons (Fsp3) is 0.211. The Morgan fingerprint density at radius 2 is 2.07 bits per heavy atom. The van der Waals surface area contributed by atoms with Gasteiger partial charge in [0.2, 0.25) is 0 Å². The second-order valence-electron chi connectivity index (χ2n) is 6.95. The number of nitrogens with one attached hydrogen (secondary N) is 2. The molecular formula is C19H16N6O4S. The molecular weight excluding hydrogens is 408 g/mol. The zero-order chi connectivity index (χ0) is 20.8. The van der Waals surface area contributed by atoms with Gasteiger partial charge in [0.25, 0.3) is 16.7 Å². The number of ketones is 1. The van der Waals surface area contributed by atoms with Gasteiger partial charge < -0.3 is 15.1 Å². The van der Waals surface area contributed by atoms with Crippen LogP contribution in [0.3, 0.4) is 0 Å². The van der Waals surface area contributed by atoms with Crippen molar-refractivity contribution in [3.05, 3.63) is 56.9 Å². The molecule has 3 heterocycles. The number of benzene rings is 1. The maximum absolute atomic E-state index is 12.6. The van der Waals surface area contributed by atoms with Crippen LogP contribution in [0.5, 0.6) is 0 Å². The molecule has 0 atom stereocenters. The summed E-state index contributed by atoms with van der Waals surface area (Å²) in [5, 5.41) is 9.14. The number of anilines is 1. The van der Waals surface area contributed by atoms with Crippen LogP contribution in [-0.4, -0.2) is 36.3 Å². The summed E-state index contributed by atoms with van der Waals surface area (Å²) in [5.74, 6) is -0.421. The van der Waals surface area contributed by atoms with E-state index < -0.39 is 17.0 Å². The van der Waals surface area contributed by atoms with Gasteiger partial charge in [-0.05, 0) is 18.9 Å². The molecule has 0 spiro atoms. The molecule has 0 aliphatic heterocycles. The van der Waals surface area contributed by atoms with Gasteiger partial charge in [0.1, 0.15) is 11.4 Å². The molecule has 3 aromatic heterocycles. The number of fused-ring (bicyclic) bond motifs is 1. The lowest BCUT2D eigenvalue weighted by atomic mass is 10.2. The van der Waals surface area contributed by atoms with Crippen molar-refractivity contribution in [3.8, 4) is 11.5 Å². The van der Waals surface area contributed by atoms with Crippen molar-refractivity contribution in [1.82, 2.24) is 24.7 Å². The first-order valence-corrected chi connectivity index (χ1v) is 10.2. The van der Waals surface area contributed by atoms with E-state index in [2.05, 4.69) is 20.2 Å². The van der Waals surface area contributed by atoms with Crippen LogP contribution in [0.1, 0.15) is 29.2 Å². The zero-order valence-corrected chi connectivity index (χ0v) is 16.4. The number of aromatic amines is 2. The molecule has 1 aliphatic rings. The first-order valence-electron chi connectivity index (χ1n) is 9.23. The summed E-state index contributed by atoms with van der Waals surface area (Å²) in [5.41, 5.74) is 6.08. The van der Waals surface area contributed by atoms with Crippen molar-refractivity contribution in [1.29, 1.82) is 0 Å². The van der Waals surface area contributed by atoms with Crippen LogP contribution in [0.2, 0.25) is 0 Å². The number of rotatable bonds is 6. The minimum Gasteiger partial charge on any atom is -0.411 e. The lowest BCUT2D eigenvalue weighted by molar-refractivity contribution is 0.102. The van der Waals surface area contributed by atoms with Crippen molar-refractivity contribution < 1.29 is 9.21 Å². The molecule has 11 heteroatoms. The van der Waals surface area contributed by atoms with E-state index in [0.717, 1.165) is 41.1 Å². The molecule has 5 rings (SSSR count). The largest absolute Gasteiger partial charge is 0.411 e. The molecule has 0 amide bonds. The Balaban J connectivity index is 1.36. The highest BCUT2D eigenvalue weighted by Gasteiger charge is 2.30. The number of Topliss-reactive ketones (excluding diaryl/α,β-unsaturated/α-hetero) is 1. The van der Waals surface area contributed by atoms with Crippen molar-refractivity contribution in [2.75, 3.05) is 11.5 Å². The molecule has 0 unspecified atom stereocenters. The molecule has 4 N–H and O–H groups in total. The number of hydrogen-bond acceptors (Lipinski definition) is 8. The summed E-state index contributed by atoms with van der Waals surface area (Å²) in [7, 11) is 0. The van der Waals surface area contributed by atoms with Gasteiger partial charge in [-0.3, -0.25) is 19.1 Å². The average Bonchev–Trinajstić information content (AvgIpc) is 3.27. The highest BCUT2D eigenvalue weighted by atomic mass is 32.2. The van der Waals surface area contributed by atoms with Crippen molar-refractivity contribution >= 4 is 34.3 Å². The number of para-hydroxylation sites is 1. The smallest absolute Gasteiger partial charge is 0.330 e. The van der Waals surface area contributed by atoms with Crippen LogP contribution < -0.4 is 17.0 Å². The predicted octanol–water partition coefficient (Wildman–Crippen LogP) is 1.96. The van der Waals surface area contributed by atoms with Gasteiger partial charge in [-0.2, -0.15) is 0 Å². The lowest BCUT2D eigenvalue weighted by Gasteiger charge is -2.10. The van der Waals surface area contributed by atoms with Crippen molar-refractivity contribution in [3.63, 3.8) is 0 Å². The minimum atomic E-state index is -0.787. The number of hydrogen-bond donors (Lipinski definition) is 3. The number of thioether (sulfide) groups is 1. The highest BCUT2D eigenvalue weighted by molar-refractivity contribution is 7.99. The van der Waals surface area contributed by atoms with E-state index in [-0.39, 0.29) is 28.4 Å². The monoisotopic (exact) mass is 424 g/mol. The van der Waals surface area contributed by atoms with E-state index in [0.29, 0.717) is 5.89 Å². The van der Waals surface area contributed by atoms with Gasteiger partial charge in [-0.25, -0.2) is 4.79 Å². The van der Waals surface area contributed by atoms with Gasteiger partial charge in [-0.1, -0.05) is 30.0 Å². The zero-order valence-electron chi connectivity index (χ0n) is 15.5. The fourth-order valence-corrected chi connectivity index (χ4v) is 3.99. The molecule has 1 aliphatic carbocycles. The number of nitrogens with two attached hydrogens (primary N) is 1. The number of aromatic nitrogens is 5. The third-order valence-electron chi connectivity index (χ3n) is 4.93. The first-order chi connectivity index (χ1) is 14.5. The molecule has 1 aromatic carbocycles. The Labute approximate surface area is 172 Å². The number of nitrogen functional groups attached to an aromatic ring is 1. The Morgan fingerprint density at radius 1 is 1.27 bits per heavy atom. The van der Waals surface area contributed by atoms with Crippen molar-refractivity contribution in [2.45, 2.75) is 24.1 Å². The Hall–Kier alpha value is -3.60. The molecule has 10 nitrogen and oxygen atoms in total. The Bertz CT molecular complexity index is 1390. The molecule has 0 saturated heterocycles. The van der Waals surface area contributed by atoms with Gasteiger partial charge in [-0.15, -0.1) is 10.2 Å². The van der Waals surface area contributed by atoms with E-state index >= 15 is 0 Å². The van der Waals surface area contributed by atoms with Crippen LogP contribution in [0.15, 0.2) is 49.7 Å². The third kappa shape index (κ3) is 3.12. The number of carbonyl (C=O) groups excluding carboxylic acids is 1. The van der Waals surface area contributed by atoms with E-state index in [1.54, 1.807) is 6.20 Å². The summed E-state index contributed by atoms with van der Waals surface area (Å²) in [4.78, 5) is 42.1. The summed E-state index contributed by atoms with van der Waals surface area (Å²) < 4.78 is 6.95. The van der Waals surface area contributed by atoms with E-state index in [4.69, 9.17) is 10.2 Å². The van der Waals surface area contributed by atoms with E-state index in [1.165, 1.54) is 4.57 Å². The predicted molar refractivity (Wildman–Crippen MR) is 111 cm³/mol. The molecule has 0 radical (unpaired) electrons. The van der Waals surface area contributed by atoms with Crippen LogP contribution in [-0.2, 0) is 0 Å². The van der Waals surface area contributed by atoms with Crippen LogP contribution >= 0.6 is 11.8 Å². The van der Waals surface area contributed by atoms with Gasteiger partial charge in [0.15, 0.2) is 5.78 Å². The normalized spacial score (nSPS) is 13.7. The summed E-state index contributed by atoms with van der Waals surface area (Å²) >= 11 is 1.00. The summed E-state index contributed by atoms with van der Waals surface area (Å²) in [6.07, 6.45) is 3.35. The molecule has 152 valence electrons. The van der Waals surface area contributed by atoms with E-state index in [1.807, 2.05) is 24.3 Å². The first kappa shape index (κ1) is 18.4. The SMILES string of the molecule is Nc1c(C(=O)CSc2nnc(-c3c[nH]c4ccccc34)o2)c(=O)[nH]c(=O)n1C1CC1. The lowest BCUT2D eigenvalue weighted by Crippen LogP contribution is -2.36. The standard InChI is InChI=1S/C19H16N6O4S/c20-15-14(16(27)22-18(28)25(15)9-5-6-9)13(26)8-30-19-24-23-17(29-19)11-7-21-12-4-2-1-3-10(11)12/h1-4,7,9,21H,5-6,8,20H2,(H,22,27,28). The Kier molecular flexibility index (Phi) is 4.31.